The monoisotopic (exact) mass is 324 g/mol. The van der Waals surface area contributed by atoms with Gasteiger partial charge in [0.15, 0.2) is 0 Å². The highest BCUT2D eigenvalue weighted by atomic mass is 16.6. The van der Waals surface area contributed by atoms with Crippen LogP contribution in [0.2, 0.25) is 0 Å². The number of nitrogens with one attached hydrogen (secondary N) is 1. The summed E-state index contributed by atoms with van der Waals surface area (Å²) in [6.07, 6.45) is 6.15. The van der Waals surface area contributed by atoms with Crippen molar-refractivity contribution >= 4 is 12.0 Å². The molecule has 23 heavy (non-hydrogen) atoms. The Morgan fingerprint density at radius 1 is 1.09 bits per heavy atom. The van der Waals surface area contributed by atoms with Crippen LogP contribution in [0.25, 0.3) is 0 Å². The van der Waals surface area contributed by atoms with Crippen molar-refractivity contribution in [3.8, 4) is 0 Å². The summed E-state index contributed by atoms with van der Waals surface area (Å²) in [5.74, 6) is 0.556. The van der Waals surface area contributed by atoms with Crippen LogP contribution in [-0.2, 0) is 9.53 Å². The van der Waals surface area contributed by atoms with Crippen molar-refractivity contribution in [1.29, 1.82) is 0 Å². The summed E-state index contributed by atoms with van der Waals surface area (Å²) in [5.41, 5.74) is -0.496. The number of amides is 2. The fourth-order valence-corrected chi connectivity index (χ4v) is 3.51. The van der Waals surface area contributed by atoms with E-state index in [0.717, 1.165) is 19.3 Å². The van der Waals surface area contributed by atoms with Crippen molar-refractivity contribution in [1.82, 2.24) is 10.2 Å². The number of likely N-dealkylation sites (tertiary alicyclic amines) is 1. The maximum Gasteiger partial charge on any atom is 0.410 e. The van der Waals surface area contributed by atoms with E-state index in [-0.39, 0.29) is 17.9 Å². The van der Waals surface area contributed by atoms with Gasteiger partial charge >= 0.3 is 6.09 Å². The predicted molar refractivity (Wildman–Crippen MR) is 90.1 cm³/mol. The summed E-state index contributed by atoms with van der Waals surface area (Å²) >= 11 is 0. The van der Waals surface area contributed by atoms with E-state index in [4.69, 9.17) is 4.74 Å². The minimum atomic E-state index is -0.496. The molecule has 1 aliphatic heterocycles. The Morgan fingerprint density at radius 2 is 1.78 bits per heavy atom. The van der Waals surface area contributed by atoms with E-state index in [1.807, 2.05) is 20.8 Å². The van der Waals surface area contributed by atoms with E-state index in [0.29, 0.717) is 25.0 Å². The number of piperidine rings is 1. The van der Waals surface area contributed by atoms with Gasteiger partial charge in [-0.25, -0.2) is 4.79 Å². The Morgan fingerprint density at radius 3 is 2.43 bits per heavy atom. The van der Waals surface area contributed by atoms with E-state index >= 15 is 0 Å². The summed E-state index contributed by atoms with van der Waals surface area (Å²) in [6, 6.07) is 0.299. The van der Waals surface area contributed by atoms with Crippen molar-refractivity contribution in [2.45, 2.75) is 77.9 Å². The van der Waals surface area contributed by atoms with Crippen LogP contribution in [0.15, 0.2) is 0 Å². The Hall–Kier alpha value is -1.26. The zero-order chi connectivity index (χ0) is 17.0. The first kappa shape index (κ1) is 18.1. The lowest BCUT2D eigenvalue weighted by molar-refractivity contribution is -0.127. The molecule has 132 valence electrons. The third-order valence-corrected chi connectivity index (χ3v) is 4.88. The standard InChI is InChI=1S/C18H32N2O3/c1-13-8-5-6-10-15(13)19-16(21)14-9-7-11-20(12-14)17(22)23-18(2,3)4/h13-15H,5-12H2,1-4H3,(H,19,21)/t13-,14-,15-/m1/s1. The van der Waals surface area contributed by atoms with Crippen molar-refractivity contribution in [2.24, 2.45) is 11.8 Å². The maximum atomic E-state index is 12.6. The van der Waals surface area contributed by atoms with Gasteiger partial charge in [0.25, 0.3) is 0 Å². The molecule has 2 rings (SSSR count). The first-order valence-corrected chi connectivity index (χ1v) is 9.04. The van der Waals surface area contributed by atoms with Crippen LogP contribution in [0.5, 0.6) is 0 Å². The molecule has 0 bridgehead atoms. The highest BCUT2D eigenvalue weighted by molar-refractivity contribution is 5.80. The van der Waals surface area contributed by atoms with Crippen molar-refractivity contribution in [3.63, 3.8) is 0 Å². The van der Waals surface area contributed by atoms with Gasteiger partial charge in [0.2, 0.25) is 5.91 Å². The number of nitrogens with zero attached hydrogens (tertiary/aromatic N) is 1. The topological polar surface area (TPSA) is 58.6 Å². The molecule has 1 aliphatic carbocycles. The van der Waals surface area contributed by atoms with Gasteiger partial charge in [0.05, 0.1) is 5.92 Å². The number of hydrogen-bond acceptors (Lipinski definition) is 3. The average molecular weight is 324 g/mol. The molecule has 0 aromatic heterocycles. The van der Waals surface area contributed by atoms with Crippen LogP contribution in [0.3, 0.4) is 0 Å². The smallest absolute Gasteiger partial charge is 0.410 e. The first-order valence-electron chi connectivity index (χ1n) is 9.04. The molecule has 1 N–H and O–H groups in total. The van der Waals surface area contributed by atoms with Crippen LogP contribution in [-0.4, -0.2) is 41.6 Å². The van der Waals surface area contributed by atoms with Crippen LogP contribution in [0.1, 0.15) is 66.2 Å². The summed E-state index contributed by atoms with van der Waals surface area (Å²) in [4.78, 5) is 26.5. The van der Waals surface area contributed by atoms with Gasteiger partial charge in [-0.05, 0) is 52.4 Å². The molecule has 0 radical (unpaired) electrons. The highest BCUT2D eigenvalue weighted by Gasteiger charge is 2.32. The third-order valence-electron chi connectivity index (χ3n) is 4.88. The number of carbonyl (C=O) groups excluding carboxylic acids is 2. The second kappa shape index (κ2) is 7.54. The lowest BCUT2D eigenvalue weighted by atomic mass is 9.85. The van der Waals surface area contributed by atoms with Crippen molar-refractivity contribution < 1.29 is 14.3 Å². The first-order chi connectivity index (χ1) is 10.8. The van der Waals surface area contributed by atoms with Gasteiger partial charge in [-0.15, -0.1) is 0 Å². The van der Waals surface area contributed by atoms with E-state index in [1.165, 1.54) is 19.3 Å². The van der Waals surface area contributed by atoms with Crippen LogP contribution >= 0.6 is 0 Å². The van der Waals surface area contributed by atoms with Gasteiger partial charge in [0, 0.05) is 19.1 Å². The quantitative estimate of drug-likeness (QED) is 0.847. The molecule has 5 heteroatoms. The van der Waals surface area contributed by atoms with Crippen LogP contribution < -0.4 is 5.32 Å². The Labute approximate surface area is 140 Å². The minimum Gasteiger partial charge on any atom is -0.444 e. The fraction of sp³-hybridized carbons (Fsp3) is 0.889. The lowest BCUT2D eigenvalue weighted by Crippen LogP contribution is -2.50. The predicted octanol–water partition coefficient (Wildman–Crippen LogP) is 3.33. The van der Waals surface area contributed by atoms with Crippen molar-refractivity contribution in [2.75, 3.05) is 13.1 Å². The van der Waals surface area contributed by atoms with Gasteiger partial charge in [0.1, 0.15) is 5.60 Å². The molecule has 0 unspecified atom stereocenters. The van der Waals surface area contributed by atoms with E-state index in [2.05, 4.69) is 12.2 Å². The minimum absolute atomic E-state index is 0.106. The normalized spacial score (nSPS) is 29.0. The van der Waals surface area contributed by atoms with Gasteiger partial charge in [-0.1, -0.05) is 19.8 Å². The zero-order valence-electron chi connectivity index (χ0n) is 15.1. The number of rotatable bonds is 2. The van der Waals surface area contributed by atoms with Crippen molar-refractivity contribution in [3.05, 3.63) is 0 Å². The molecule has 0 spiro atoms. The molecule has 1 heterocycles. The number of hydrogen-bond donors (Lipinski definition) is 1. The summed E-state index contributed by atoms with van der Waals surface area (Å²) in [6.45, 7) is 8.97. The fourth-order valence-electron chi connectivity index (χ4n) is 3.51. The zero-order valence-corrected chi connectivity index (χ0v) is 15.1. The van der Waals surface area contributed by atoms with Crippen LogP contribution in [0, 0.1) is 11.8 Å². The molecular weight excluding hydrogens is 292 g/mol. The van der Waals surface area contributed by atoms with E-state index < -0.39 is 5.60 Å². The van der Waals surface area contributed by atoms with E-state index in [1.54, 1.807) is 4.90 Å². The molecule has 5 nitrogen and oxygen atoms in total. The Kier molecular flexibility index (Phi) is 5.93. The molecule has 0 aromatic rings. The molecule has 2 aliphatic rings. The Balaban J connectivity index is 1.87. The second-order valence-corrected chi connectivity index (χ2v) is 8.14. The third kappa shape index (κ3) is 5.40. The summed E-state index contributed by atoms with van der Waals surface area (Å²) in [5, 5.41) is 3.23. The van der Waals surface area contributed by atoms with Crippen LogP contribution in [0.4, 0.5) is 4.79 Å². The second-order valence-electron chi connectivity index (χ2n) is 8.14. The largest absolute Gasteiger partial charge is 0.444 e. The number of carbonyl (C=O) groups is 2. The maximum absolute atomic E-state index is 12.6. The molecule has 1 saturated heterocycles. The molecule has 2 amide bonds. The lowest BCUT2D eigenvalue weighted by Gasteiger charge is -2.35. The van der Waals surface area contributed by atoms with E-state index in [9.17, 15) is 9.59 Å². The van der Waals surface area contributed by atoms with Gasteiger partial charge < -0.3 is 15.0 Å². The molecule has 1 saturated carbocycles. The molecule has 2 fully saturated rings. The highest BCUT2D eigenvalue weighted by Crippen LogP contribution is 2.25. The van der Waals surface area contributed by atoms with Gasteiger partial charge in [-0.2, -0.15) is 0 Å². The summed E-state index contributed by atoms with van der Waals surface area (Å²) < 4.78 is 5.43. The Bertz CT molecular complexity index is 430. The molecule has 0 aromatic carbocycles. The average Bonchev–Trinajstić information content (AvgIpc) is 2.48. The molecular formula is C18H32N2O3. The number of ether oxygens (including phenoxy) is 1. The SMILES string of the molecule is C[C@@H]1CCCC[C@H]1NC(=O)[C@@H]1CCCN(C(=O)OC(C)(C)C)C1. The molecule has 3 atom stereocenters. The summed E-state index contributed by atoms with van der Waals surface area (Å²) in [7, 11) is 0. The van der Waals surface area contributed by atoms with Gasteiger partial charge in [-0.3, -0.25) is 4.79 Å².